The topological polar surface area (TPSA) is 74.1 Å². The Morgan fingerprint density at radius 3 is 2.28 bits per heavy atom. The fourth-order valence-corrected chi connectivity index (χ4v) is 4.07. The molecule has 6 nitrogen and oxygen atoms in total. The quantitative estimate of drug-likeness (QED) is 0.341. The Hall–Kier alpha value is -2.64. The van der Waals surface area contributed by atoms with E-state index in [1.54, 1.807) is 24.3 Å². The maximum Gasteiger partial charge on any atom is 0.295 e. The Labute approximate surface area is 197 Å². The Balaban J connectivity index is 2.05. The molecule has 0 aliphatic carbocycles. The number of Topliss-reactive ketones (excluding diaryl/α,β-unsaturated/α-hetero) is 1. The minimum Gasteiger partial charge on any atom is -0.872 e. The third kappa shape index (κ3) is 5.40. The first-order valence-corrected chi connectivity index (χ1v) is 11.6. The summed E-state index contributed by atoms with van der Waals surface area (Å²) in [7, 11) is 4.08. The normalized spacial score (nSPS) is 18.1. The molecule has 0 saturated carbocycles. The van der Waals surface area contributed by atoms with E-state index in [-0.39, 0.29) is 11.7 Å². The Kier molecular flexibility index (Phi) is 7.74. The number of hydrogen-bond acceptors (Lipinski definition) is 4. The molecular weight excluding hydrogens is 472 g/mol. The monoisotopic (exact) mass is 500 g/mol. The molecule has 1 heterocycles. The average molecular weight is 501 g/mol. The van der Waals surface area contributed by atoms with Gasteiger partial charge in [-0.05, 0) is 49.2 Å². The van der Waals surface area contributed by atoms with Crippen LogP contribution in [0.5, 0.6) is 5.75 Å². The van der Waals surface area contributed by atoms with Crippen molar-refractivity contribution in [1.82, 2.24) is 4.90 Å². The van der Waals surface area contributed by atoms with Gasteiger partial charge in [-0.2, -0.15) is 0 Å². The van der Waals surface area contributed by atoms with Gasteiger partial charge in [-0.15, -0.1) is 0 Å². The summed E-state index contributed by atoms with van der Waals surface area (Å²) >= 11 is 3.36. The number of quaternary nitrogens is 1. The molecule has 32 heavy (non-hydrogen) atoms. The van der Waals surface area contributed by atoms with Crippen molar-refractivity contribution in [3.8, 4) is 5.75 Å². The molecule has 0 bridgehead atoms. The fourth-order valence-electron chi connectivity index (χ4n) is 3.81. The minimum absolute atomic E-state index is 0.00653. The summed E-state index contributed by atoms with van der Waals surface area (Å²) in [4.78, 5) is 28.7. The first kappa shape index (κ1) is 24.0. The zero-order valence-corrected chi connectivity index (χ0v) is 20.4. The summed E-state index contributed by atoms with van der Waals surface area (Å²) in [6.07, 6.45) is 0.758. The van der Waals surface area contributed by atoms with E-state index in [0.29, 0.717) is 17.9 Å². The Morgan fingerprint density at radius 2 is 1.72 bits per heavy atom. The summed E-state index contributed by atoms with van der Waals surface area (Å²) in [5.41, 5.74) is 1.11. The standard InChI is InChI=1S/C25H29BrN2O4/c1-16(2)32-20-12-8-17(9-13-20)22-21(23(29)18-6-10-19(26)11-7-18)24(30)25(31)28(22)15-5-14-27(3)4/h6-13,16,22,29H,5,14-15H2,1-4H3/b23-21+. The molecule has 0 spiro atoms. The van der Waals surface area contributed by atoms with Crippen molar-refractivity contribution in [3.05, 3.63) is 69.7 Å². The number of carbonyl (C=O) groups excluding carboxylic acids is 2. The van der Waals surface area contributed by atoms with Gasteiger partial charge in [-0.1, -0.05) is 46.0 Å². The summed E-state index contributed by atoms with van der Waals surface area (Å²) in [5.74, 6) is -1.05. The second kappa shape index (κ2) is 10.3. The third-order valence-corrected chi connectivity index (χ3v) is 5.81. The molecule has 0 aromatic heterocycles. The largest absolute Gasteiger partial charge is 0.872 e. The first-order chi connectivity index (χ1) is 15.2. The molecule has 1 unspecified atom stereocenters. The SMILES string of the molecule is CC(C)Oc1ccc(C2/C(=C(\[O-])c3ccc(Br)cc3)C(=O)C(=O)N2CCC[NH+](C)C)cc1. The van der Waals surface area contributed by atoms with Gasteiger partial charge >= 0.3 is 0 Å². The molecular formula is C25H29BrN2O4. The van der Waals surface area contributed by atoms with Crippen molar-refractivity contribution in [1.29, 1.82) is 0 Å². The van der Waals surface area contributed by atoms with E-state index in [9.17, 15) is 14.7 Å². The van der Waals surface area contributed by atoms with E-state index in [0.717, 1.165) is 23.0 Å². The van der Waals surface area contributed by atoms with Crippen molar-refractivity contribution >= 4 is 33.4 Å². The molecule has 2 aromatic rings. The zero-order valence-electron chi connectivity index (χ0n) is 18.9. The van der Waals surface area contributed by atoms with Crippen LogP contribution < -0.4 is 14.7 Å². The molecule has 0 radical (unpaired) electrons. The van der Waals surface area contributed by atoms with E-state index in [1.807, 2.05) is 52.2 Å². The molecule has 7 heteroatoms. The van der Waals surface area contributed by atoms with Gasteiger partial charge in [0.1, 0.15) is 5.75 Å². The molecule has 3 rings (SSSR count). The third-order valence-electron chi connectivity index (χ3n) is 5.28. The maximum atomic E-state index is 13.4. The van der Waals surface area contributed by atoms with Crippen molar-refractivity contribution in [3.63, 3.8) is 0 Å². The number of amides is 1. The number of carbonyl (C=O) groups is 2. The van der Waals surface area contributed by atoms with Crippen molar-refractivity contribution in [2.45, 2.75) is 32.4 Å². The molecule has 1 saturated heterocycles. The van der Waals surface area contributed by atoms with Crippen LogP contribution in [-0.4, -0.2) is 49.9 Å². The van der Waals surface area contributed by atoms with Crippen LogP contribution in [-0.2, 0) is 9.59 Å². The van der Waals surface area contributed by atoms with Gasteiger partial charge in [0.25, 0.3) is 5.91 Å². The van der Waals surface area contributed by atoms with Gasteiger partial charge in [-0.3, -0.25) is 9.59 Å². The van der Waals surface area contributed by atoms with Crippen LogP contribution in [0.4, 0.5) is 0 Å². The molecule has 1 fully saturated rings. The predicted octanol–water partition coefficient (Wildman–Crippen LogP) is 1.99. The highest BCUT2D eigenvalue weighted by atomic mass is 79.9. The number of ketones is 1. The number of ether oxygens (including phenoxy) is 1. The number of halogens is 1. The van der Waals surface area contributed by atoms with Crippen LogP contribution in [0.25, 0.3) is 5.76 Å². The molecule has 1 N–H and O–H groups in total. The summed E-state index contributed by atoms with van der Waals surface area (Å²) in [6.45, 7) is 5.14. The summed E-state index contributed by atoms with van der Waals surface area (Å²) < 4.78 is 6.55. The average Bonchev–Trinajstić information content (AvgIpc) is 2.99. The van der Waals surface area contributed by atoms with Gasteiger partial charge in [-0.25, -0.2) is 0 Å². The zero-order chi connectivity index (χ0) is 23.4. The van der Waals surface area contributed by atoms with Crippen molar-refractivity contribution in [2.24, 2.45) is 0 Å². The lowest BCUT2D eigenvalue weighted by Gasteiger charge is -2.28. The Morgan fingerprint density at radius 1 is 1.09 bits per heavy atom. The van der Waals surface area contributed by atoms with Crippen molar-refractivity contribution < 1.29 is 24.3 Å². The van der Waals surface area contributed by atoms with E-state index in [4.69, 9.17) is 4.74 Å². The number of nitrogens with one attached hydrogen (secondary N) is 1. The number of benzene rings is 2. The van der Waals surface area contributed by atoms with Crippen LogP contribution in [0.2, 0.25) is 0 Å². The molecule has 1 amide bonds. The predicted molar refractivity (Wildman–Crippen MR) is 125 cm³/mol. The van der Waals surface area contributed by atoms with Crippen LogP contribution >= 0.6 is 15.9 Å². The van der Waals surface area contributed by atoms with E-state index in [1.165, 1.54) is 9.80 Å². The number of hydrogen-bond donors (Lipinski definition) is 1. The number of likely N-dealkylation sites (tertiary alicyclic amines) is 1. The van der Waals surface area contributed by atoms with Crippen LogP contribution in [0, 0.1) is 0 Å². The van der Waals surface area contributed by atoms with Gasteiger partial charge < -0.3 is 19.6 Å². The number of rotatable bonds is 8. The highest BCUT2D eigenvalue weighted by molar-refractivity contribution is 9.10. The van der Waals surface area contributed by atoms with Crippen LogP contribution in [0.1, 0.15) is 37.4 Å². The first-order valence-electron chi connectivity index (χ1n) is 10.8. The molecule has 1 aliphatic rings. The highest BCUT2D eigenvalue weighted by Gasteiger charge is 2.43. The molecule has 1 atom stereocenters. The maximum absolute atomic E-state index is 13.4. The Bertz CT molecular complexity index is 998. The van der Waals surface area contributed by atoms with Gasteiger partial charge in [0.2, 0.25) is 5.78 Å². The highest BCUT2D eigenvalue weighted by Crippen LogP contribution is 2.39. The van der Waals surface area contributed by atoms with E-state index in [2.05, 4.69) is 15.9 Å². The van der Waals surface area contributed by atoms with Crippen LogP contribution in [0.3, 0.4) is 0 Å². The van der Waals surface area contributed by atoms with Crippen molar-refractivity contribution in [2.75, 3.05) is 27.2 Å². The second-order valence-electron chi connectivity index (χ2n) is 8.53. The smallest absolute Gasteiger partial charge is 0.295 e. The lowest BCUT2D eigenvalue weighted by Crippen LogP contribution is -3.05. The van der Waals surface area contributed by atoms with Crippen LogP contribution in [0.15, 0.2) is 58.6 Å². The summed E-state index contributed by atoms with van der Waals surface area (Å²) in [6, 6.07) is 13.4. The lowest BCUT2D eigenvalue weighted by atomic mass is 9.95. The summed E-state index contributed by atoms with van der Waals surface area (Å²) in [5, 5.41) is 13.4. The van der Waals surface area contributed by atoms with Gasteiger partial charge in [0, 0.05) is 23.0 Å². The van der Waals surface area contributed by atoms with Gasteiger partial charge in [0.15, 0.2) is 0 Å². The number of nitrogens with zero attached hydrogens (tertiary/aromatic N) is 1. The lowest BCUT2D eigenvalue weighted by molar-refractivity contribution is -0.858. The van der Waals surface area contributed by atoms with Gasteiger partial charge in [0.05, 0.1) is 32.8 Å². The fraction of sp³-hybridized carbons (Fsp3) is 0.360. The second-order valence-corrected chi connectivity index (χ2v) is 9.44. The minimum atomic E-state index is -0.720. The molecule has 1 aliphatic heterocycles. The molecule has 170 valence electrons. The van der Waals surface area contributed by atoms with E-state index < -0.39 is 23.5 Å². The van der Waals surface area contributed by atoms with E-state index >= 15 is 0 Å². The molecule has 2 aromatic carbocycles.